The second-order valence-electron chi connectivity index (χ2n) is 5.69. The zero-order valence-corrected chi connectivity index (χ0v) is 11.3. The van der Waals surface area contributed by atoms with Crippen LogP contribution in [0.4, 0.5) is 5.69 Å². The van der Waals surface area contributed by atoms with Gasteiger partial charge in [-0.05, 0) is 37.5 Å². The van der Waals surface area contributed by atoms with E-state index in [1.807, 2.05) is 12.1 Å². The van der Waals surface area contributed by atoms with E-state index < -0.39 is 0 Å². The molecular formula is C16H16N2O2. The van der Waals surface area contributed by atoms with Gasteiger partial charge in [-0.15, -0.1) is 0 Å². The lowest BCUT2D eigenvalue weighted by Gasteiger charge is -2.13. The number of hydrogen-bond donors (Lipinski definition) is 1. The smallest absolute Gasteiger partial charge is 0.219 e. The Bertz CT molecular complexity index is 676. The predicted molar refractivity (Wildman–Crippen MR) is 76.3 cm³/mol. The molecule has 1 spiro atoms. The Balaban J connectivity index is 1.76. The Labute approximate surface area is 117 Å². The van der Waals surface area contributed by atoms with Crippen molar-refractivity contribution in [3.63, 3.8) is 0 Å². The van der Waals surface area contributed by atoms with E-state index in [1.54, 1.807) is 18.3 Å². The summed E-state index contributed by atoms with van der Waals surface area (Å²) >= 11 is 0. The molecule has 0 saturated heterocycles. The number of rotatable bonds is 2. The summed E-state index contributed by atoms with van der Waals surface area (Å²) in [5.74, 6) is 2.42. The molecule has 0 amide bonds. The fraction of sp³-hybridized carbons (Fsp3) is 0.312. The van der Waals surface area contributed by atoms with Crippen molar-refractivity contribution in [3.8, 4) is 17.4 Å². The lowest BCUT2D eigenvalue weighted by atomic mass is 9.95. The SMILES string of the molecule is Cc1ccc(Oc2ccc(N)cn2)c2c1OCC21CC1. The van der Waals surface area contributed by atoms with Crippen LogP contribution in [0.5, 0.6) is 17.4 Å². The minimum atomic E-state index is 0.185. The van der Waals surface area contributed by atoms with E-state index in [0.717, 1.165) is 18.1 Å². The van der Waals surface area contributed by atoms with Crippen LogP contribution in [0.3, 0.4) is 0 Å². The number of nitrogen functional groups attached to an aromatic ring is 1. The lowest BCUT2D eigenvalue weighted by molar-refractivity contribution is 0.322. The van der Waals surface area contributed by atoms with Crippen molar-refractivity contribution in [1.82, 2.24) is 4.98 Å². The zero-order valence-electron chi connectivity index (χ0n) is 11.3. The van der Waals surface area contributed by atoms with Gasteiger partial charge in [0.1, 0.15) is 11.5 Å². The normalized spacial score (nSPS) is 17.6. The van der Waals surface area contributed by atoms with Crippen LogP contribution in [0.1, 0.15) is 24.0 Å². The molecule has 4 heteroatoms. The number of pyridine rings is 1. The van der Waals surface area contributed by atoms with E-state index in [4.69, 9.17) is 15.2 Å². The van der Waals surface area contributed by atoms with Crippen molar-refractivity contribution in [1.29, 1.82) is 0 Å². The fourth-order valence-electron chi connectivity index (χ4n) is 2.83. The second-order valence-corrected chi connectivity index (χ2v) is 5.69. The fourth-order valence-corrected chi connectivity index (χ4v) is 2.83. The molecule has 0 bridgehead atoms. The highest BCUT2D eigenvalue weighted by Crippen LogP contribution is 2.59. The van der Waals surface area contributed by atoms with Crippen molar-refractivity contribution in [2.45, 2.75) is 25.2 Å². The first-order valence-corrected chi connectivity index (χ1v) is 6.84. The number of anilines is 1. The summed E-state index contributed by atoms with van der Waals surface area (Å²) in [6.45, 7) is 2.85. The minimum Gasteiger partial charge on any atom is -0.492 e. The minimum absolute atomic E-state index is 0.185. The first-order valence-electron chi connectivity index (χ1n) is 6.84. The number of ether oxygens (including phenoxy) is 2. The standard InChI is InChI=1S/C16H16N2O2/c1-10-2-4-12(20-13-5-3-11(17)8-18-13)14-15(10)19-9-16(14)6-7-16/h2-5,8H,6-7,9,17H2,1H3. The highest BCUT2D eigenvalue weighted by molar-refractivity contribution is 5.59. The van der Waals surface area contributed by atoms with Crippen molar-refractivity contribution >= 4 is 5.69 Å². The Morgan fingerprint density at radius 3 is 2.80 bits per heavy atom. The maximum atomic E-state index is 5.96. The molecule has 1 aliphatic carbocycles. The van der Waals surface area contributed by atoms with Gasteiger partial charge in [0.15, 0.2) is 0 Å². The Morgan fingerprint density at radius 2 is 2.10 bits per heavy atom. The number of benzene rings is 1. The molecule has 20 heavy (non-hydrogen) atoms. The molecule has 2 aromatic rings. The van der Waals surface area contributed by atoms with Crippen molar-refractivity contribution in [2.24, 2.45) is 0 Å². The molecule has 4 rings (SSSR count). The Morgan fingerprint density at radius 1 is 1.25 bits per heavy atom. The maximum Gasteiger partial charge on any atom is 0.219 e. The molecule has 4 nitrogen and oxygen atoms in total. The summed E-state index contributed by atoms with van der Waals surface area (Å²) in [5, 5.41) is 0. The second kappa shape index (κ2) is 3.88. The van der Waals surface area contributed by atoms with Crippen LogP contribution in [0.2, 0.25) is 0 Å². The van der Waals surface area contributed by atoms with Crippen LogP contribution in [0, 0.1) is 6.92 Å². The zero-order chi connectivity index (χ0) is 13.7. The summed E-state index contributed by atoms with van der Waals surface area (Å²) < 4.78 is 11.8. The average molecular weight is 268 g/mol. The Hall–Kier alpha value is -2.23. The average Bonchev–Trinajstić information content (AvgIpc) is 3.11. The van der Waals surface area contributed by atoms with E-state index >= 15 is 0 Å². The summed E-state index contributed by atoms with van der Waals surface area (Å²) in [7, 11) is 0. The molecule has 1 saturated carbocycles. The van der Waals surface area contributed by atoms with Crippen molar-refractivity contribution in [3.05, 3.63) is 41.6 Å². The van der Waals surface area contributed by atoms with Crippen LogP contribution in [0.15, 0.2) is 30.5 Å². The van der Waals surface area contributed by atoms with Crippen LogP contribution in [-0.2, 0) is 5.41 Å². The first-order chi connectivity index (χ1) is 9.68. The number of hydrogen-bond acceptors (Lipinski definition) is 4. The van der Waals surface area contributed by atoms with E-state index in [1.165, 1.54) is 24.0 Å². The highest BCUT2D eigenvalue weighted by Gasteiger charge is 2.53. The third kappa shape index (κ3) is 1.64. The van der Waals surface area contributed by atoms with Gasteiger partial charge in [0.25, 0.3) is 0 Å². The monoisotopic (exact) mass is 268 g/mol. The summed E-state index contributed by atoms with van der Waals surface area (Å²) in [4.78, 5) is 4.20. The van der Waals surface area contributed by atoms with Gasteiger partial charge in [-0.25, -0.2) is 4.98 Å². The molecule has 102 valence electrons. The molecule has 2 aliphatic rings. The van der Waals surface area contributed by atoms with Crippen LogP contribution in [0.25, 0.3) is 0 Å². The first kappa shape index (κ1) is 11.6. The van der Waals surface area contributed by atoms with Gasteiger partial charge in [0.2, 0.25) is 5.88 Å². The van der Waals surface area contributed by atoms with E-state index in [-0.39, 0.29) is 5.41 Å². The summed E-state index contributed by atoms with van der Waals surface area (Å²) in [6.07, 6.45) is 3.96. The quantitative estimate of drug-likeness (QED) is 0.908. The molecule has 0 atom stereocenters. The van der Waals surface area contributed by atoms with E-state index in [2.05, 4.69) is 11.9 Å². The van der Waals surface area contributed by atoms with Gasteiger partial charge in [-0.3, -0.25) is 0 Å². The number of aryl methyl sites for hydroxylation is 1. The molecule has 1 aliphatic heterocycles. The van der Waals surface area contributed by atoms with Crippen LogP contribution < -0.4 is 15.2 Å². The van der Waals surface area contributed by atoms with Crippen molar-refractivity contribution in [2.75, 3.05) is 12.3 Å². The van der Waals surface area contributed by atoms with Crippen LogP contribution in [-0.4, -0.2) is 11.6 Å². The molecule has 2 heterocycles. The van der Waals surface area contributed by atoms with Gasteiger partial charge in [0, 0.05) is 17.0 Å². The van der Waals surface area contributed by atoms with Gasteiger partial charge in [-0.2, -0.15) is 0 Å². The molecule has 1 aromatic carbocycles. The number of nitrogens with zero attached hydrogens (tertiary/aromatic N) is 1. The van der Waals surface area contributed by atoms with Gasteiger partial charge in [0.05, 0.1) is 18.5 Å². The topological polar surface area (TPSA) is 57.4 Å². The third-order valence-corrected chi connectivity index (χ3v) is 4.17. The molecule has 1 fully saturated rings. The number of nitrogens with two attached hydrogens (primary N) is 1. The highest BCUT2D eigenvalue weighted by atomic mass is 16.5. The largest absolute Gasteiger partial charge is 0.492 e. The lowest BCUT2D eigenvalue weighted by Crippen LogP contribution is -2.08. The summed E-state index contributed by atoms with van der Waals surface area (Å²) in [5.41, 5.74) is 8.85. The molecule has 2 N–H and O–H groups in total. The third-order valence-electron chi connectivity index (χ3n) is 4.17. The summed E-state index contributed by atoms with van der Waals surface area (Å²) in [6, 6.07) is 7.63. The van der Waals surface area contributed by atoms with Gasteiger partial charge < -0.3 is 15.2 Å². The molecular weight excluding hydrogens is 252 g/mol. The molecule has 0 radical (unpaired) electrons. The van der Waals surface area contributed by atoms with Crippen molar-refractivity contribution < 1.29 is 9.47 Å². The predicted octanol–water partition coefficient (Wildman–Crippen LogP) is 3.19. The van der Waals surface area contributed by atoms with Gasteiger partial charge >= 0.3 is 0 Å². The molecule has 1 aromatic heterocycles. The van der Waals surface area contributed by atoms with E-state index in [9.17, 15) is 0 Å². The maximum absolute atomic E-state index is 5.96. The number of fused-ring (bicyclic) bond motifs is 2. The Kier molecular flexibility index (Phi) is 2.25. The van der Waals surface area contributed by atoms with Gasteiger partial charge in [-0.1, -0.05) is 6.07 Å². The van der Waals surface area contributed by atoms with E-state index in [0.29, 0.717) is 11.6 Å². The molecule has 0 unspecified atom stereocenters. The van der Waals surface area contributed by atoms with Crippen LogP contribution >= 0.6 is 0 Å². The number of aromatic nitrogens is 1.